The molecule has 2 aromatic heterocycles. The summed E-state index contributed by atoms with van der Waals surface area (Å²) in [7, 11) is 1.87. The summed E-state index contributed by atoms with van der Waals surface area (Å²) in [6.07, 6.45) is 4.17. The SMILES string of the molecule is Cn1cc(-c2ccoc2C=O)c(C(C)(C)C)n1. The van der Waals surface area contributed by atoms with Crippen LogP contribution in [0.2, 0.25) is 0 Å². The maximum atomic E-state index is 10.9. The van der Waals surface area contributed by atoms with E-state index in [-0.39, 0.29) is 5.41 Å². The molecule has 0 aliphatic carbocycles. The van der Waals surface area contributed by atoms with Crippen LogP contribution in [0.5, 0.6) is 0 Å². The van der Waals surface area contributed by atoms with Crippen molar-refractivity contribution in [3.05, 3.63) is 30.0 Å². The zero-order valence-electron chi connectivity index (χ0n) is 10.5. The van der Waals surface area contributed by atoms with Gasteiger partial charge in [-0.15, -0.1) is 0 Å². The average molecular weight is 232 g/mol. The van der Waals surface area contributed by atoms with E-state index in [0.717, 1.165) is 23.1 Å². The Morgan fingerprint density at radius 3 is 2.65 bits per heavy atom. The molecule has 0 amide bonds. The van der Waals surface area contributed by atoms with E-state index in [2.05, 4.69) is 25.9 Å². The van der Waals surface area contributed by atoms with E-state index in [1.165, 1.54) is 6.26 Å². The van der Waals surface area contributed by atoms with Gasteiger partial charge < -0.3 is 4.42 Å². The predicted molar refractivity (Wildman–Crippen MR) is 65.0 cm³/mol. The standard InChI is InChI=1S/C13H16N2O2/c1-13(2,3)12-10(7-15(4)14-12)9-5-6-17-11(9)8-16/h5-8H,1-4H3. The molecule has 0 aliphatic rings. The van der Waals surface area contributed by atoms with E-state index in [1.54, 1.807) is 10.7 Å². The number of carbonyl (C=O) groups is 1. The van der Waals surface area contributed by atoms with Gasteiger partial charge in [-0.1, -0.05) is 20.8 Å². The number of hydrogen-bond donors (Lipinski definition) is 0. The van der Waals surface area contributed by atoms with E-state index in [1.807, 2.05) is 13.2 Å². The quantitative estimate of drug-likeness (QED) is 0.748. The van der Waals surface area contributed by atoms with Gasteiger partial charge in [0.2, 0.25) is 0 Å². The molecule has 0 spiro atoms. The number of aryl methyl sites for hydroxylation is 1. The highest BCUT2D eigenvalue weighted by atomic mass is 16.3. The molecule has 4 nitrogen and oxygen atoms in total. The first-order valence-corrected chi connectivity index (χ1v) is 5.50. The molecule has 2 rings (SSSR count). The van der Waals surface area contributed by atoms with Crippen LogP contribution in [0, 0.1) is 0 Å². The Hall–Kier alpha value is -1.84. The number of carbonyl (C=O) groups excluding carboxylic acids is 1. The Morgan fingerprint density at radius 2 is 2.06 bits per heavy atom. The molecule has 2 aromatic rings. The van der Waals surface area contributed by atoms with Crippen molar-refractivity contribution < 1.29 is 9.21 Å². The van der Waals surface area contributed by atoms with Crippen LogP contribution in [0.4, 0.5) is 0 Å². The van der Waals surface area contributed by atoms with E-state index < -0.39 is 0 Å². The van der Waals surface area contributed by atoms with Crippen molar-refractivity contribution in [1.82, 2.24) is 9.78 Å². The number of aromatic nitrogens is 2. The summed E-state index contributed by atoms with van der Waals surface area (Å²) >= 11 is 0. The minimum absolute atomic E-state index is 0.0754. The zero-order valence-corrected chi connectivity index (χ0v) is 10.5. The monoisotopic (exact) mass is 232 g/mol. The Bertz CT molecular complexity index is 544. The van der Waals surface area contributed by atoms with Gasteiger partial charge in [-0.25, -0.2) is 0 Å². The summed E-state index contributed by atoms with van der Waals surface area (Å²) < 4.78 is 6.90. The number of aldehydes is 1. The van der Waals surface area contributed by atoms with Gasteiger partial charge in [0.15, 0.2) is 12.0 Å². The minimum Gasteiger partial charge on any atom is -0.461 e. The van der Waals surface area contributed by atoms with Gasteiger partial charge in [-0.2, -0.15) is 5.10 Å². The third-order valence-electron chi connectivity index (χ3n) is 2.63. The highest BCUT2D eigenvalue weighted by Gasteiger charge is 2.24. The van der Waals surface area contributed by atoms with Crippen LogP contribution in [0.1, 0.15) is 37.0 Å². The second kappa shape index (κ2) is 3.87. The highest BCUT2D eigenvalue weighted by Crippen LogP contribution is 2.33. The third-order valence-corrected chi connectivity index (χ3v) is 2.63. The Balaban J connectivity index is 2.64. The summed E-state index contributed by atoms with van der Waals surface area (Å²) in [5.41, 5.74) is 2.65. The first-order chi connectivity index (χ1) is 7.93. The molecule has 0 aliphatic heterocycles. The van der Waals surface area contributed by atoms with Crippen LogP contribution < -0.4 is 0 Å². The smallest absolute Gasteiger partial charge is 0.185 e. The van der Waals surface area contributed by atoms with Crippen molar-refractivity contribution in [2.75, 3.05) is 0 Å². The van der Waals surface area contributed by atoms with Crippen molar-refractivity contribution in [3.8, 4) is 11.1 Å². The molecule has 0 atom stereocenters. The van der Waals surface area contributed by atoms with Gasteiger partial charge in [0.1, 0.15) is 0 Å². The molecule has 4 heteroatoms. The van der Waals surface area contributed by atoms with Crippen molar-refractivity contribution in [1.29, 1.82) is 0 Å². The van der Waals surface area contributed by atoms with Crippen LogP contribution in [-0.4, -0.2) is 16.1 Å². The van der Waals surface area contributed by atoms with E-state index >= 15 is 0 Å². The maximum absolute atomic E-state index is 10.9. The lowest BCUT2D eigenvalue weighted by molar-refractivity contribution is 0.110. The van der Waals surface area contributed by atoms with Crippen LogP contribution in [0.3, 0.4) is 0 Å². The molecule has 90 valence electrons. The molecule has 2 heterocycles. The van der Waals surface area contributed by atoms with Gasteiger partial charge in [0.05, 0.1) is 12.0 Å². The molecular formula is C13H16N2O2. The number of nitrogens with zero attached hydrogens (tertiary/aromatic N) is 2. The fraction of sp³-hybridized carbons (Fsp3) is 0.385. The lowest BCUT2D eigenvalue weighted by Gasteiger charge is -2.17. The molecule has 0 fully saturated rings. The first-order valence-electron chi connectivity index (χ1n) is 5.50. The highest BCUT2D eigenvalue weighted by molar-refractivity contribution is 5.85. The summed E-state index contributed by atoms with van der Waals surface area (Å²) in [6.45, 7) is 6.29. The molecule has 17 heavy (non-hydrogen) atoms. The van der Waals surface area contributed by atoms with Crippen LogP contribution in [-0.2, 0) is 12.5 Å². The van der Waals surface area contributed by atoms with Gasteiger partial charge >= 0.3 is 0 Å². The Labute approximate surface area is 100 Å². The minimum atomic E-state index is -0.0754. The molecule has 0 bridgehead atoms. The Kier molecular flexibility index (Phi) is 2.65. The Morgan fingerprint density at radius 1 is 1.35 bits per heavy atom. The van der Waals surface area contributed by atoms with Crippen LogP contribution in [0.15, 0.2) is 22.9 Å². The fourth-order valence-corrected chi connectivity index (χ4v) is 1.87. The molecule has 0 radical (unpaired) electrons. The molecule has 0 N–H and O–H groups in total. The van der Waals surface area contributed by atoms with Gasteiger partial charge in [0, 0.05) is 29.8 Å². The molecular weight excluding hydrogens is 216 g/mol. The second-order valence-electron chi connectivity index (χ2n) is 5.13. The number of rotatable bonds is 2. The molecule has 0 saturated carbocycles. The van der Waals surface area contributed by atoms with Crippen molar-refractivity contribution in [2.45, 2.75) is 26.2 Å². The van der Waals surface area contributed by atoms with E-state index in [9.17, 15) is 4.79 Å². The molecule has 0 unspecified atom stereocenters. The normalized spacial score (nSPS) is 11.8. The summed E-state index contributed by atoms with van der Waals surface area (Å²) in [5, 5.41) is 4.47. The van der Waals surface area contributed by atoms with Crippen molar-refractivity contribution >= 4 is 6.29 Å². The largest absolute Gasteiger partial charge is 0.461 e. The molecule has 0 saturated heterocycles. The number of hydrogen-bond acceptors (Lipinski definition) is 3. The van der Waals surface area contributed by atoms with Gasteiger partial charge in [0.25, 0.3) is 0 Å². The maximum Gasteiger partial charge on any atom is 0.185 e. The summed E-state index contributed by atoms with van der Waals surface area (Å²) in [4.78, 5) is 10.9. The van der Waals surface area contributed by atoms with Crippen LogP contribution >= 0.6 is 0 Å². The third kappa shape index (κ3) is 2.02. The average Bonchev–Trinajstić information content (AvgIpc) is 2.81. The van der Waals surface area contributed by atoms with Gasteiger partial charge in [-0.05, 0) is 6.07 Å². The van der Waals surface area contributed by atoms with Gasteiger partial charge in [-0.3, -0.25) is 9.48 Å². The first kappa shape index (κ1) is 11.6. The number of furan rings is 1. The summed E-state index contributed by atoms with van der Waals surface area (Å²) in [6, 6.07) is 1.80. The van der Waals surface area contributed by atoms with Crippen molar-refractivity contribution in [2.24, 2.45) is 7.05 Å². The van der Waals surface area contributed by atoms with E-state index in [0.29, 0.717) is 5.76 Å². The molecule has 0 aromatic carbocycles. The predicted octanol–water partition coefficient (Wildman–Crippen LogP) is 2.79. The van der Waals surface area contributed by atoms with E-state index in [4.69, 9.17) is 4.42 Å². The lowest BCUT2D eigenvalue weighted by Crippen LogP contribution is -2.13. The lowest BCUT2D eigenvalue weighted by atomic mass is 9.87. The van der Waals surface area contributed by atoms with Crippen molar-refractivity contribution in [3.63, 3.8) is 0 Å². The van der Waals surface area contributed by atoms with Crippen LogP contribution in [0.25, 0.3) is 11.1 Å². The topological polar surface area (TPSA) is 48.0 Å². The second-order valence-corrected chi connectivity index (χ2v) is 5.13. The summed E-state index contributed by atoms with van der Waals surface area (Å²) in [5.74, 6) is 0.350. The fourth-order valence-electron chi connectivity index (χ4n) is 1.87. The zero-order chi connectivity index (χ0) is 12.6.